The van der Waals surface area contributed by atoms with Gasteiger partial charge in [0.1, 0.15) is 23.0 Å². The van der Waals surface area contributed by atoms with Crippen molar-refractivity contribution < 1.29 is 9.47 Å². The summed E-state index contributed by atoms with van der Waals surface area (Å²) in [6, 6.07) is 26.0. The Morgan fingerprint density at radius 2 is 1.35 bits per heavy atom. The average molecular weight is 472 g/mol. The molecule has 0 saturated heterocycles. The number of ether oxygens (including phenoxy) is 2. The Kier molecular flexibility index (Phi) is 3.09. The number of fused-ring (bicyclic) bond motifs is 7. The number of para-hydroxylation sites is 3. The van der Waals surface area contributed by atoms with Crippen molar-refractivity contribution in [3.05, 3.63) is 84.6 Å². The molecule has 0 bridgehead atoms. The molecule has 6 heteroatoms. The molecule has 6 heterocycles. The van der Waals surface area contributed by atoms with Crippen LogP contribution in [-0.2, 0) is 6.42 Å². The van der Waals surface area contributed by atoms with Crippen molar-refractivity contribution in [1.82, 2.24) is 9.55 Å². The van der Waals surface area contributed by atoms with E-state index in [2.05, 4.69) is 84.3 Å². The van der Waals surface area contributed by atoms with Gasteiger partial charge in [0.05, 0.1) is 5.52 Å². The molecule has 4 aliphatic heterocycles. The number of hydrogen-bond acceptors (Lipinski definition) is 3. The van der Waals surface area contributed by atoms with Gasteiger partial charge in [-0.05, 0) is 51.9 Å². The molecule has 0 saturated carbocycles. The fourth-order valence-corrected chi connectivity index (χ4v) is 7.61. The van der Waals surface area contributed by atoms with Crippen LogP contribution in [-0.4, -0.2) is 23.0 Å². The minimum Gasteiger partial charge on any atom is -0.458 e. The molecule has 4 aliphatic rings. The highest BCUT2D eigenvalue weighted by Gasteiger charge is 2.50. The topological polar surface area (TPSA) is 36.3 Å². The maximum atomic E-state index is 6.80. The van der Waals surface area contributed by atoms with E-state index < -0.39 is 0 Å². The van der Waals surface area contributed by atoms with E-state index in [4.69, 9.17) is 14.5 Å². The molecule has 170 valence electrons. The number of pyridine rings is 1. The van der Waals surface area contributed by atoms with Gasteiger partial charge < -0.3 is 14.0 Å². The molecule has 10 rings (SSSR count). The van der Waals surface area contributed by atoms with Gasteiger partial charge in [0.25, 0.3) is 13.4 Å². The van der Waals surface area contributed by atoms with Crippen molar-refractivity contribution in [2.24, 2.45) is 0 Å². The number of hydrogen-bond donors (Lipinski definition) is 0. The molecule has 0 spiro atoms. The second-order valence-electron chi connectivity index (χ2n) is 10.5. The molecule has 6 aromatic rings. The Balaban J connectivity index is 1.52. The summed E-state index contributed by atoms with van der Waals surface area (Å²) in [7, 11) is 0. The van der Waals surface area contributed by atoms with Gasteiger partial charge in [-0.2, -0.15) is 0 Å². The first kappa shape index (κ1) is 18.8. The van der Waals surface area contributed by atoms with E-state index in [0.717, 1.165) is 40.6 Å². The highest BCUT2D eigenvalue weighted by Crippen LogP contribution is 2.44. The summed E-state index contributed by atoms with van der Waals surface area (Å²) in [5.74, 6) is 3.77. The van der Waals surface area contributed by atoms with Gasteiger partial charge in [0, 0.05) is 39.3 Å². The predicted octanol–water partition coefficient (Wildman–Crippen LogP) is 2.61. The maximum Gasteiger partial charge on any atom is 0.279 e. The standard InChI is InChI=1S/C31H18B2N2O2/c1-2-16-29-24-28-25-30(16)37-23-13-6-4-10-20(23)33(25)31-27-18(14-15-34-31)17-8-7-11-21(26(17)35(27)28)32(24)19-9-3-5-12-22(19)36-29/h3-15H,2H2,1H3. The summed E-state index contributed by atoms with van der Waals surface area (Å²) in [4.78, 5) is 5.07. The maximum absolute atomic E-state index is 6.80. The van der Waals surface area contributed by atoms with Crippen LogP contribution in [0.2, 0.25) is 0 Å². The molecule has 0 aliphatic carbocycles. The van der Waals surface area contributed by atoms with E-state index in [9.17, 15) is 0 Å². The molecule has 0 radical (unpaired) electrons. The Hall–Kier alpha value is -4.44. The highest BCUT2D eigenvalue weighted by atomic mass is 16.5. The third-order valence-electron chi connectivity index (χ3n) is 8.93. The minimum atomic E-state index is 0.0189. The van der Waals surface area contributed by atoms with Crippen LogP contribution in [0.15, 0.2) is 79.0 Å². The third kappa shape index (κ3) is 1.93. The van der Waals surface area contributed by atoms with Gasteiger partial charge in [0.15, 0.2) is 0 Å². The predicted molar refractivity (Wildman–Crippen MR) is 150 cm³/mol. The Morgan fingerprint density at radius 3 is 2.11 bits per heavy atom. The normalized spacial score (nSPS) is 14.5. The molecule has 0 amide bonds. The van der Waals surface area contributed by atoms with E-state index in [1.807, 2.05) is 6.20 Å². The van der Waals surface area contributed by atoms with E-state index in [-0.39, 0.29) is 13.4 Å². The van der Waals surface area contributed by atoms with Gasteiger partial charge in [0.2, 0.25) is 0 Å². The van der Waals surface area contributed by atoms with Crippen LogP contribution in [0.4, 0.5) is 0 Å². The van der Waals surface area contributed by atoms with Crippen LogP contribution in [0, 0.1) is 0 Å². The SMILES string of the molecule is CCc1c2c3c4c5c1Oc1ccccc1B5c1nccc5c6cccc(c6n-4c15)B3c1ccccc1O2. The van der Waals surface area contributed by atoms with Gasteiger partial charge >= 0.3 is 0 Å². The largest absolute Gasteiger partial charge is 0.458 e. The summed E-state index contributed by atoms with van der Waals surface area (Å²) in [5.41, 5.74) is 12.3. The second-order valence-corrected chi connectivity index (χ2v) is 10.5. The van der Waals surface area contributed by atoms with Gasteiger partial charge in [-0.25, -0.2) is 0 Å². The summed E-state index contributed by atoms with van der Waals surface area (Å²) in [6.07, 6.45) is 2.81. The lowest BCUT2D eigenvalue weighted by molar-refractivity contribution is 0.455. The Bertz CT molecular complexity index is 1920. The van der Waals surface area contributed by atoms with Crippen molar-refractivity contribution in [2.45, 2.75) is 13.3 Å². The van der Waals surface area contributed by atoms with Crippen molar-refractivity contribution in [1.29, 1.82) is 0 Å². The first-order chi connectivity index (χ1) is 18.3. The Labute approximate surface area is 213 Å². The molecular formula is C31H18B2N2O2. The first-order valence-electron chi connectivity index (χ1n) is 13.0. The molecule has 37 heavy (non-hydrogen) atoms. The van der Waals surface area contributed by atoms with Crippen LogP contribution in [0.1, 0.15) is 12.5 Å². The quantitative estimate of drug-likeness (QED) is 0.345. The third-order valence-corrected chi connectivity index (χ3v) is 8.93. The summed E-state index contributed by atoms with van der Waals surface area (Å²) in [6.45, 7) is 2.33. The Morgan fingerprint density at radius 1 is 0.703 bits per heavy atom. The lowest BCUT2D eigenvalue weighted by Gasteiger charge is -2.41. The fraction of sp³-hybridized carbons (Fsp3) is 0.0645. The van der Waals surface area contributed by atoms with E-state index in [1.54, 1.807) is 0 Å². The second kappa shape index (κ2) is 6.09. The zero-order valence-corrected chi connectivity index (χ0v) is 20.1. The minimum absolute atomic E-state index is 0.0189. The van der Waals surface area contributed by atoms with Crippen LogP contribution in [0.3, 0.4) is 0 Å². The zero-order chi connectivity index (χ0) is 24.0. The molecule has 4 nitrogen and oxygen atoms in total. The van der Waals surface area contributed by atoms with Crippen molar-refractivity contribution in [2.75, 3.05) is 0 Å². The highest BCUT2D eigenvalue weighted by molar-refractivity contribution is 7.03. The smallest absolute Gasteiger partial charge is 0.279 e. The lowest BCUT2D eigenvalue weighted by Crippen LogP contribution is -2.66. The number of benzene rings is 4. The fourth-order valence-electron chi connectivity index (χ4n) is 7.61. The zero-order valence-electron chi connectivity index (χ0n) is 20.1. The lowest BCUT2D eigenvalue weighted by atomic mass is 9.31. The van der Waals surface area contributed by atoms with Crippen LogP contribution < -0.4 is 42.4 Å². The van der Waals surface area contributed by atoms with Gasteiger partial charge in [-0.3, -0.25) is 4.98 Å². The molecule has 2 aromatic heterocycles. The molecule has 0 N–H and O–H groups in total. The number of nitrogens with zero attached hydrogens (tertiary/aromatic N) is 2. The van der Waals surface area contributed by atoms with E-state index in [1.165, 1.54) is 54.8 Å². The average Bonchev–Trinajstić information content (AvgIpc) is 3.29. The van der Waals surface area contributed by atoms with Crippen LogP contribution in [0.25, 0.3) is 27.5 Å². The molecular weight excluding hydrogens is 454 g/mol. The van der Waals surface area contributed by atoms with Crippen LogP contribution in [0.5, 0.6) is 23.0 Å². The van der Waals surface area contributed by atoms with Gasteiger partial charge in [-0.15, -0.1) is 0 Å². The van der Waals surface area contributed by atoms with E-state index in [0.29, 0.717) is 0 Å². The monoisotopic (exact) mass is 472 g/mol. The van der Waals surface area contributed by atoms with Crippen molar-refractivity contribution >= 4 is 68.1 Å². The van der Waals surface area contributed by atoms with Gasteiger partial charge in [-0.1, -0.05) is 61.5 Å². The molecule has 0 unspecified atom stereocenters. The molecule has 0 atom stereocenters. The first-order valence-corrected chi connectivity index (χ1v) is 13.0. The van der Waals surface area contributed by atoms with Crippen molar-refractivity contribution in [3.63, 3.8) is 0 Å². The van der Waals surface area contributed by atoms with E-state index >= 15 is 0 Å². The summed E-state index contributed by atoms with van der Waals surface area (Å²) < 4.78 is 16.1. The molecule has 0 fully saturated rings. The summed E-state index contributed by atoms with van der Waals surface area (Å²) >= 11 is 0. The number of rotatable bonds is 1. The van der Waals surface area contributed by atoms with Crippen LogP contribution >= 0.6 is 0 Å². The summed E-state index contributed by atoms with van der Waals surface area (Å²) in [5, 5.41) is 2.55. The number of aromatic nitrogens is 2. The molecule has 4 aromatic carbocycles. The van der Waals surface area contributed by atoms with Crippen molar-refractivity contribution in [3.8, 4) is 28.7 Å².